The molecule has 19 heavy (non-hydrogen) atoms. The van der Waals surface area contributed by atoms with Crippen LogP contribution in [0.4, 0.5) is 0 Å². The third-order valence-electron chi connectivity index (χ3n) is 4.01. The molecule has 1 heterocycles. The molecule has 1 aromatic rings. The fourth-order valence-electron chi connectivity index (χ4n) is 2.44. The van der Waals surface area contributed by atoms with E-state index in [-0.39, 0.29) is 12.5 Å². The van der Waals surface area contributed by atoms with E-state index in [1.165, 1.54) is 10.4 Å². The molecule has 1 atom stereocenters. The zero-order valence-electron chi connectivity index (χ0n) is 11.7. The van der Waals surface area contributed by atoms with Gasteiger partial charge in [0.05, 0.1) is 12.1 Å². The Hall–Kier alpha value is -0.870. The van der Waals surface area contributed by atoms with E-state index in [0.29, 0.717) is 12.3 Å². The second-order valence-corrected chi connectivity index (χ2v) is 6.78. The minimum absolute atomic E-state index is 0.0352. The van der Waals surface area contributed by atoms with Gasteiger partial charge in [-0.3, -0.25) is 4.79 Å². The first kappa shape index (κ1) is 14.5. The number of aliphatic hydroxyl groups excluding tert-OH is 1. The monoisotopic (exact) mass is 281 g/mol. The molecule has 2 N–H and O–H groups in total. The second kappa shape index (κ2) is 6.06. The van der Waals surface area contributed by atoms with Gasteiger partial charge in [-0.1, -0.05) is 0 Å². The number of aliphatic hydroxyl groups is 1. The van der Waals surface area contributed by atoms with Crippen LogP contribution in [0.2, 0.25) is 0 Å². The topological polar surface area (TPSA) is 49.3 Å². The van der Waals surface area contributed by atoms with Gasteiger partial charge in [-0.15, -0.1) is 11.3 Å². The van der Waals surface area contributed by atoms with E-state index in [1.807, 2.05) is 6.92 Å². The van der Waals surface area contributed by atoms with Crippen LogP contribution in [0.1, 0.15) is 43.0 Å². The summed E-state index contributed by atoms with van der Waals surface area (Å²) in [5.74, 6) is 0.527. The largest absolute Gasteiger partial charge is 0.394 e. The van der Waals surface area contributed by atoms with Crippen LogP contribution in [0.15, 0.2) is 11.4 Å². The predicted molar refractivity (Wildman–Crippen MR) is 78.4 cm³/mol. The molecule has 0 spiro atoms. The van der Waals surface area contributed by atoms with Crippen molar-refractivity contribution in [3.63, 3.8) is 0 Å². The molecule has 0 aliphatic heterocycles. The minimum Gasteiger partial charge on any atom is -0.394 e. The van der Waals surface area contributed by atoms with Gasteiger partial charge >= 0.3 is 0 Å². The number of aryl methyl sites for hydroxylation is 2. The zero-order chi connectivity index (χ0) is 13.9. The number of hydrogen-bond acceptors (Lipinski definition) is 3. The summed E-state index contributed by atoms with van der Waals surface area (Å²) in [5, 5.41) is 14.6. The number of thiophene rings is 1. The highest BCUT2D eigenvalue weighted by Gasteiger charge is 2.41. The van der Waals surface area contributed by atoms with Gasteiger partial charge < -0.3 is 10.4 Å². The fourth-order valence-corrected chi connectivity index (χ4v) is 3.39. The molecule has 0 radical (unpaired) electrons. The Balaban J connectivity index is 1.74. The minimum atomic E-state index is -0.407. The van der Waals surface area contributed by atoms with Crippen molar-refractivity contribution in [2.24, 2.45) is 5.92 Å². The number of carbonyl (C=O) groups excluding carboxylic acids is 1. The van der Waals surface area contributed by atoms with Gasteiger partial charge in [-0.05, 0) is 62.5 Å². The molecule has 0 saturated heterocycles. The van der Waals surface area contributed by atoms with Crippen molar-refractivity contribution >= 4 is 17.2 Å². The maximum Gasteiger partial charge on any atom is 0.220 e. The van der Waals surface area contributed by atoms with Crippen LogP contribution in [-0.4, -0.2) is 23.2 Å². The number of carbonyl (C=O) groups is 1. The summed E-state index contributed by atoms with van der Waals surface area (Å²) in [6.07, 6.45) is 4.62. The van der Waals surface area contributed by atoms with Crippen molar-refractivity contribution in [1.82, 2.24) is 5.32 Å². The number of nitrogens with one attached hydrogen (secondary N) is 1. The van der Waals surface area contributed by atoms with Gasteiger partial charge in [0.2, 0.25) is 5.91 Å². The highest BCUT2D eigenvalue weighted by atomic mass is 32.1. The van der Waals surface area contributed by atoms with E-state index in [1.54, 1.807) is 11.3 Å². The van der Waals surface area contributed by atoms with Crippen molar-refractivity contribution in [3.05, 3.63) is 21.9 Å². The van der Waals surface area contributed by atoms with Gasteiger partial charge in [-0.25, -0.2) is 0 Å². The van der Waals surface area contributed by atoms with E-state index in [9.17, 15) is 9.90 Å². The Labute approximate surface area is 119 Å². The lowest BCUT2D eigenvalue weighted by Gasteiger charge is -2.28. The third-order valence-corrected chi connectivity index (χ3v) is 5.09. The average molecular weight is 281 g/mol. The molecule has 1 saturated carbocycles. The molecule has 0 bridgehead atoms. The van der Waals surface area contributed by atoms with Gasteiger partial charge in [0.25, 0.3) is 0 Å². The summed E-state index contributed by atoms with van der Waals surface area (Å²) in [7, 11) is 0. The Morgan fingerprint density at radius 1 is 1.58 bits per heavy atom. The maximum absolute atomic E-state index is 11.9. The van der Waals surface area contributed by atoms with E-state index in [0.717, 1.165) is 25.7 Å². The fraction of sp³-hybridized carbons (Fsp3) is 0.667. The molecule has 1 fully saturated rings. The lowest BCUT2D eigenvalue weighted by Crippen LogP contribution is -2.50. The van der Waals surface area contributed by atoms with Crippen LogP contribution < -0.4 is 5.32 Å². The number of hydrogen-bond donors (Lipinski definition) is 2. The summed E-state index contributed by atoms with van der Waals surface area (Å²) in [4.78, 5) is 13.3. The van der Waals surface area contributed by atoms with Crippen molar-refractivity contribution in [3.8, 4) is 0 Å². The molecule has 1 amide bonds. The SMILES string of the molecule is Cc1ccsc1CCCC(=O)NC(C)(CO)C1CC1. The van der Waals surface area contributed by atoms with E-state index in [4.69, 9.17) is 0 Å². The molecule has 106 valence electrons. The van der Waals surface area contributed by atoms with Crippen molar-refractivity contribution in [2.75, 3.05) is 6.61 Å². The molecule has 1 unspecified atom stereocenters. The van der Waals surface area contributed by atoms with E-state index in [2.05, 4.69) is 23.7 Å². The lowest BCUT2D eigenvalue weighted by atomic mass is 9.96. The Bertz CT molecular complexity index is 439. The van der Waals surface area contributed by atoms with Gasteiger partial charge in [0, 0.05) is 11.3 Å². The quantitative estimate of drug-likeness (QED) is 0.807. The molecule has 1 aliphatic rings. The van der Waals surface area contributed by atoms with Crippen molar-refractivity contribution < 1.29 is 9.90 Å². The summed E-state index contributed by atoms with van der Waals surface area (Å²) >= 11 is 1.76. The molecular formula is C15H23NO2S. The first-order valence-electron chi connectivity index (χ1n) is 7.00. The van der Waals surface area contributed by atoms with E-state index >= 15 is 0 Å². The first-order valence-corrected chi connectivity index (χ1v) is 7.88. The van der Waals surface area contributed by atoms with Crippen molar-refractivity contribution in [1.29, 1.82) is 0 Å². The standard InChI is InChI=1S/C15H23NO2S/c1-11-8-9-19-13(11)4-3-5-14(18)16-15(2,10-17)12-6-7-12/h8-9,12,17H,3-7,10H2,1-2H3,(H,16,18). The summed E-state index contributed by atoms with van der Waals surface area (Å²) in [5.41, 5.74) is 0.916. The van der Waals surface area contributed by atoms with Gasteiger partial charge in [0.1, 0.15) is 0 Å². The highest BCUT2D eigenvalue weighted by Crippen LogP contribution is 2.39. The number of rotatable bonds is 7. The van der Waals surface area contributed by atoms with E-state index < -0.39 is 5.54 Å². The van der Waals surface area contributed by atoms with Gasteiger partial charge in [0.15, 0.2) is 0 Å². The lowest BCUT2D eigenvalue weighted by molar-refractivity contribution is -0.123. The van der Waals surface area contributed by atoms with Crippen LogP contribution in [0.25, 0.3) is 0 Å². The third kappa shape index (κ3) is 3.80. The molecule has 1 aromatic heterocycles. The molecule has 4 heteroatoms. The molecule has 2 rings (SSSR count). The van der Waals surface area contributed by atoms with Crippen LogP contribution in [-0.2, 0) is 11.2 Å². The normalized spacial score (nSPS) is 18.1. The summed E-state index contributed by atoms with van der Waals surface area (Å²) < 4.78 is 0. The smallest absolute Gasteiger partial charge is 0.220 e. The molecule has 1 aliphatic carbocycles. The molecular weight excluding hydrogens is 258 g/mol. The Morgan fingerprint density at radius 2 is 2.32 bits per heavy atom. The highest BCUT2D eigenvalue weighted by molar-refractivity contribution is 7.10. The van der Waals surface area contributed by atoms with Crippen molar-refractivity contribution in [2.45, 2.75) is 51.5 Å². The van der Waals surface area contributed by atoms with Gasteiger partial charge in [-0.2, -0.15) is 0 Å². The Kier molecular flexibility index (Phi) is 4.63. The second-order valence-electron chi connectivity index (χ2n) is 5.78. The summed E-state index contributed by atoms with van der Waals surface area (Å²) in [6.45, 7) is 4.10. The van der Waals surface area contributed by atoms with Crippen LogP contribution in [0.5, 0.6) is 0 Å². The predicted octanol–water partition coefficient (Wildman–Crippen LogP) is 2.66. The first-order chi connectivity index (χ1) is 9.05. The Morgan fingerprint density at radius 3 is 2.84 bits per heavy atom. The molecule has 3 nitrogen and oxygen atoms in total. The molecule has 0 aromatic carbocycles. The van der Waals surface area contributed by atoms with Crippen LogP contribution in [0.3, 0.4) is 0 Å². The maximum atomic E-state index is 11.9. The summed E-state index contributed by atoms with van der Waals surface area (Å²) in [6, 6.07) is 2.12. The van der Waals surface area contributed by atoms with Crippen LogP contribution in [0, 0.1) is 12.8 Å². The zero-order valence-corrected chi connectivity index (χ0v) is 12.6. The average Bonchev–Trinajstić information content (AvgIpc) is 3.15. The number of amides is 1. The van der Waals surface area contributed by atoms with Crippen LogP contribution >= 0.6 is 11.3 Å².